The van der Waals surface area contributed by atoms with Gasteiger partial charge in [-0.25, -0.2) is 0 Å². The molecule has 0 unspecified atom stereocenters. The van der Waals surface area contributed by atoms with Crippen LogP contribution >= 0.6 is 11.6 Å². The van der Waals surface area contributed by atoms with Gasteiger partial charge in [0.2, 0.25) is 5.91 Å². The molecule has 24 heavy (non-hydrogen) atoms. The Balaban J connectivity index is 1.46. The fraction of sp³-hybridized carbons (Fsp3) is 0.950. The molecule has 5 rings (SSSR count). The van der Waals surface area contributed by atoms with Crippen molar-refractivity contribution in [3.05, 3.63) is 0 Å². The molecule has 2 N–H and O–H groups in total. The summed E-state index contributed by atoms with van der Waals surface area (Å²) in [5, 5.41) is 3.43. The first-order valence-corrected chi connectivity index (χ1v) is 10.5. The summed E-state index contributed by atoms with van der Waals surface area (Å²) in [6.45, 7) is 0.848. The minimum Gasteiger partial charge on any atom is -0.349 e. The highest BCUT2D eigenvalue weighted by molar-refractivity contribution is 6.24. The minimum absolute atomic E-state index is 0.0727. The summed E-state index contributed by atoms with van der Waals surface area (Å²) >= 11 is 6.91. The van der Waals surface area contributed by atoms with Crippen LogP contribution in [-0.2, 0) is 4.79 Å². The number of likely N-dealkylation sites (N-methyl/N-ethyl adjacent to an activating group) is 1. The molecule has 3 nitrogen and oxygen atoms in total. The molecule has 5 saturated carbocycles. The predicted octanol–water partition coefficient (Wildman–Crippen LogP) is 2.53. The molecular formula is C20H34ClN2O+. The van der Waals surface area contributed by atoms with E-state index in [0.29, 0.717) is 17.7 Å². The second kappa shape index (κ2) is 5.87. The maximum atomic E-state index is 13.3. The zero-order valence-corrected chi connectivity index (χ0v) is 16.2. The Kier molecular flexibility index (Phi) is 4.20. The molecule has 1 amide bonds. The van der Waals surface area contributed by atoms with Crippen molar-refractivity contribution in [3.63, 3.8) is 0 Å². The molecular weight excluding hydrogens is 320 g/mol. The summed E-state index contributed by atoms with van der Waals surface area (Å²) in [6, 6.07) is 0. The molecule has 4 heteroatoms. The van der Waals surface area contributed by atoms with E-state index in [4.69, 9.17) is 11.6 Å². The molecule has 5 aliphatic carbocycles. The average Bonchev–Trinajstić information content (AvgIpc) is 2.51. The van der Waals surface area contributed by atoms with Crippen LogP contribution < -0.4 is 10.2 Å². The lowest BCUT2D eigenvalue weighted by atomic mass is 9.49. The van der Waals surface area contributed by atoms with Crippen molar-refractivity contribution in [2.24, 2.45) is 17.3 Å². The van der Waals surface area contributed by atoms with E-state index in [2.05, 4.69) is 19.4 Å². The number of alkyl halides is 1. The van der Waals surface area contributed by atoms with Gasteiger partial charge in [0.05, 0.1) is 26.1 Å². The fourth-order valence-electron chi connectivity index (χ4n) is 6.94. The Morgan fingerprint density at radius 3 is 2.25 bits per heavy atom. The average molecular weight is 354 g/mol. The number of rotatable bonds is 4. The lowest BCUT2D eigenvalue weighted by Crippen LogP contribution is -3.16. The van der Waals surface area contributed by atoms with E-state index >= 15 is 0 Å². The number of hydrogen-bond acceptors (Lipinski definition) is 1. The smallest absolute Gasteiger partial charge is 0.226 e. The highest BCUT2D eigenvalue weighted by Gasteiger charge is 2.60. The third kappa shape index (κ3) is 2.80. The van der Waals surface area contributed by atoms with Crippen molar-refractivity contribution in [1.29, 1.82) is 0 Å². The summed E-state index contributed by atoms with van der Waals surface area (Å²) in [5.74, 6) is 1.71. The van der Waals surface area contributed by atoms with Crippen LogP contribution in [-0.4, -0.2) is 37.0 Å². The van der Waals surface area contributed by atoms with Gasteiger partial charge in [0.1, 0.15) is 5.54 Å². The van der Waals surface area contributed by atoms with Gasteiger partial charge >= 0.3 is 0 Å². The molecule has 0 aromatic heterocycles. The normalized spacial score (nSPS) is 43.2. The number of nitrogens with one attached hydrogen (secondary N) is 2. The summed E-state index contributed by atoms with van der Waals surface area (Å²) in [6.07, 6.45) is 13.2. The maximum absolute atomic E-state index is 13.3. The Bertz CT molecular complexity index is 498. The zero-order valence-electron chi connectivity index (χ0n) is 15.4. The third-order valence-corrected chi connectivity index (χ3v) is 8.37. The van der Waals surface area contributed by atoms with Gasteiger partial charge in [-0.15, -0.1) is 11.6 Å². The molecule has 5 aliphatic rings. The van der Waals surface area contributed by atoms with Gasteiger partial charge < -0.3 is 10.2 Å². The van der Waals surface area contributed by atoms with Gasteiger partial charge in [0, 0.05) is 17.7 Å². The molecule has 136 valence electrons. The molecule has 4 bridgehead atoms. The molecule has 2 atom stereocenters. The van der Waals surface area contributed by atoms with Crippen LogP contribution in [0.25, 0.3) is 0 Å². The van der Waals surface area contributed by atoms with Crippen molar-refractivity contribution in [2.75, 3.05) is 20.6 Å². The van der Waals surface area contributed by atoms with Crippen LogP contribution in [0.1, 0.15) is 70.6 Å². The van der Waals surface area contributed by atoms with Crippen molar-refractivity contribution in [2.45, 2.75) is 81.0 Å². The van der Waals surface area contributed by atoms with Crippen LogP contribution in [0.4, 0.5) is 0 Å². The molecule has 0 radical (unpaired) electrons. The van der Waals surface area contributed by atoms with Crippen LogP contribution in [0.2, 0.25) is 0 Å². The number of halogens is 1. The molecule has 5 fully saturated rings. The number of carbonyl (C=O) groups is 1. The second-order valence-corrected chi connectivity index (χ2v) is 10.7. The van der Waals surface area contributed by atoms with Gasteiger partial charge in [-0.05, 0) is 63.2 Å². The van der Waals surface area contributed by atoms with Crippen LogP contribution in [0.15, 0.2) is 0 Å². The predicted molar refractivity (Wildman–Crippen MR) is 97.3 cm³/mol. The Morgan fingerprint density at radius 2 is 1.71 bits per heavy atom. The molecule has 0 aromatic carbocycles. The van der Waals surface area contributed by atoms with Gasteiger partial charge in [-0.1, -0.05) is 6.42 Å². The van der Waals surface area contributed by atoms with Crippen molar-refractivity contribution in [1.82, 2.24) is 5.32 Å². The standard InChI is InChI=1S/C20H33ClN2O/c1-23(2)20(6-4-3-5-7-20)14-22-17(24)18-9-15-8-16(10-18)12-19(21,11-15)13-18/h15-16H,3-14H2,1-2H3,(H,22,24)/p+1/t15-,16-,18?,19?/m0/s1. The largest absolute Gasteiger partial charge is 0.349 e. The molecule has 0 aliphatic heterocycles. The number of quaternary nitrogens is 1. The second-order valence-electron chi connectivity index (χ2n) is 9.92. The molecule has 0 spiro atoms. The molecule has 0 saturated heterocycles. The summed E-state index contributed by atoms with van der Waals surface area (Å²) in [5.41, 5.74) is 0.0954. The lowest BCUT2D eigenvalue weighted by Gasteiger charge is -2.59. The van der Waals surface area contributed by atoms with Crippen LogP contribution in [0, 0.1) is 17.3 Å². The van der Waals surface area contributed by atoms with E-state index < -0.39 is 0 Å². The number of amides is 1. The van der Waals surface area contributed by atoms with E-state index in [1.807, 2.05) is 0 Å². The first-order valence-electron chi connectivity index (χ1n) is 10.1. The van der Waals surface area contributed by atoms with Crippen LogP contribution in [0.3, 0.4) is 0 Å². The summed E-state index contributed by atoms with van der Waals surface area (Å²) < 4.78 is 0. The van der Waals surface area contributed by atoms with Crippen molar-refractivity contribution < 1.29 is 9.69 Å². The Hall–Kier alpha value is -0.280. The van der Waals surface area contributed by atoms with E-state index in [1.54, 1.807) is 0 Å². The summed E-state index contributed by atoms with van der Waals surface area (Å²) in [7, 11) is 4.52. The monoisotopic (exact) mass is 353 g/mol. The van der Waals surface area contributed by atoms with E-state index in [0.717, 1.165) is 38.6 Å². The fourth-order valence-corrected chi connectivity index (χ4v) is 7.63. The van der Waals surface area contributed by atoms with E-state index in [9.17, 15) is 4.79 Å². The van der Waals surface area contributed by atoms with Gasteiger partial charge in [0.25, 0.3) is 0 Å². The van der Waals surface area contributed by atoms with Gasteiger partial charge in [-0.3, -0.25) is 4.79 Å². The Morgan fingerprint density at radius 1 is 1.08 bits per heavy atom. The van der Waals surface area contributed by atoms with E-state index in [-0.39, 0.29) is 15.8 Å². The number of hydrogen-bond donors (Lipinski definition) is 2. The minimum atomic E-state index is -0.149. The maximum Gasteiger partial charge on any atom is 0.226 e. The lowest BCUT2D eigenvalue weighted by molar-refractivity contribution is -0.916. The first kappa shape index (κ1) is 17.1. The Labute approximate surface area is 151 Å². The van der Waals surface area contributed by atoms with Gasteiger partial charge in [0.15, 0.2) is 0 Å². The highest BCUT2D eigenvalue weighted by Crippen LogP contribution is 2.63. The summed E-state index contributed by atoms with van der Waals surface area (Å²) in [4.78, 5) is 14.7. The van der Waals surface area contributed by atoms with Crippen LogP contribution in [0.5, 0.6) is 0 Å². The molecule has 0 heterocycles. The number of carbonyl (C=O) groups excluding carboxylic acids is 1. The molecule has 0 aromatic rings. The topological polar surface area (TPSA) is 33.5 Å². The highest BCUT2D eigenvalue weighted by atomic mass is 35.5. The quantitative estimate of drug-likeness (QED) is 0.748. The van der Waals surface area contributed by atoms with Crippen molar-refractivity contribution in [3.8, 4) is 0 Å². The zero-order chi connectivity index (χ0) is 17.0. The van der Waals surface area contributed by atoms with Gasteiger partial charge in [-0.2, -0.15) is 0 Å². The van der Waals surface area contributed by atoms with Crippen molar-refractivity contribution >= 4 is 17.5 Å². The van der Waals surface area contributed by atoms with E-state index in [1.165, 1.54) is 43.4 Å². The SMILES string of the molecule is C[NH+](C)C1(CNC(=O)C23C[C@@H]4C[C@H](CC(Cl)(C4)C2)C3)CCCCC1. The first-order chi connectivity index (χ1) is 11.3. The third-order valence-electron chi connectivity index (χ3n) is 7.93.